The highest BCUT2D eigenvalue weighted by molar-refractivity contribution is 7.89. The summed E-state index contributed by atoms with van der Waals surface area (Å²) in [5, 5.41) is 0.810. The zero-order valence-electron chi connectivity index (χ0n) is 12.1. The summed E-state index contributed by atoms with van der Waals surface area (Å²) >= 11 is 1.49. The average molecular weight is 324 g/mol. The van der Waals surface area contributed by atoms with Crippen LogP contribution in [0, 0.1) is 0 Å². The van der Waals surface area contributed by atoms with E-state index < -0.39 is 10.0 Å². The molecule has 2 N–H and O–H groups in total. The van der Waals surface area contributed by atoms with Crippen molar-refractivity contribution >= 4 is 31.4 Å². The largest absolute Gasteiger partial charge is 0.326 e. The molecule has 2 aromatic rings. The van der Waals surface area contributed by atoms with Gasteiger partial charge < -0.3 is 5.73 Å². The molecule has 0 aliphatic heterocycles. The van der Waals surface area contributed by atoms with Crippen LogP contribution in [0.1, 0.15) is 31.1 Å². The topological polar surface area (TPSA) is 63.4 Å². The van der Waals surface area contributed by atoms with Crippen molar-refractivity contribution in [2.75, 3.05) is 6.54 Å². The summed E-state index contributed by atoms with van der Waals surface area (Å²) in [6.45, 7) is 2.86. The number of sulfonamides is 1. The molecule has 0 amide bonds. The number of rotatable bonds is 6. The molecular weight excluding hydrogens is 304 g/mol. The molecule has 0 bridgehead atoms. The van der Waals surface area contributed by atoms with Crippen LogP contribution in [0.5, 0.6) is 0 Å². The van der Waals surface area contributed by atoms with Crippen LogP contribution in [0.3, 0.4) is 0 Å². The lowest BCUT2D eigenvalue weighted by Gasteiger charge is -2.21. The maximum atomic E-state index is 13.1. The quantitative estimate of drug-likeness (QED) is 0.888. The molecule has 1 aromatic carbocycles. The van der Waals surface area contributed by atoms with Crippen LogP contribution in [0.2, 0.25) is 0 Å². The van der Waals surface area contributed by atoms with E-state index in [-0.39, 0.29) is 12.6 Å². The van der Waals surface area contributed by atoms with Gasteiger partial charge in [-0.3, -0.25) is 0 Å². The first-order valence-electron chi connectivity index (χ1n) is 7.32. The molecule has 1 saturated carbocycles. The number of nitrogens with two attached hydrogens (primary N) is 1. The molecule has 0 spiro atoms. The number of hydrogen-bond acceptors (Lipinski definition) is 4. The average Bonchev–Trinajstić information content (AvgIpc) is 3.22. The highest BCUT2D eigenvalue weighted by atomic mass is 32.2. The summed E-state index contributed by atoms with van der Waals surface area (Å²) in [4.78, 5) is 1.20. The van der Waals surface area contributed by atoms with E-state index in [0.717, 1.165) is 34.2 Å². The van der Waals surface area contributed by atoms with E-state index in [0.29, 0.717) is 11.4 Å². The predicted molar refractivity (Wildman–Crippen MR) is 86.9 cm³/mol. The number of fused-ring (bicyclic) bond motifs is 1. The third-order valence-corrected chi connectivity index (χ3v) is 7.17. The van der Waals surface area contributed by atoms with Gasteiger partial charge in [0.1, 0.15) is 4.90 Å². The maximum Gasteiger partial charge on any atom is 0.245 e. The summed E-state index contributed by atoms with van der Waals surface area (Å²) in [7, 11) is -3.46. The van der Waals surface area contributed by atoms with Gasteiger partial charge in [0.25, 0.3) is 0 Å². The molecular formula is C15H20N2O2S2. The first-order valence-corrected chi connectivity index (χ1v) is 9.57. The summed E-state index contributed by atoms with van der Waals surface area (Å²) < 4.78 is 28.9. The Kier molecular flexibility index (Phi) is 4.05. The van der Waals surface area contributed by atoms with Crippen molar-refractivity contribution in [1.29, 1.82) is 0 Å². The second-order valence-corrected chi connectivity index (χ2v) is 8.37. The SMILES string of the molecule is CCCN(C1CC1)S(=O)(=O)c1c(CN)sc2ccccc12. The van der Waals surface area contributed by atoms with Crippen LogP contribution in [-0.2, 0) is 16.6 Å². The molecule has 0 radical (unpaired) electrons. The summed E-state index contributed by atoms with van der Waals surface area (Å²) in [6.07, 6.45) is 2.77. The Hall–Kier alpha value is -0.950. The monoisotopic (exact) mass is 324 g/mol. The molecule has 0 atom stereocenters. The molecule has 6 heteroatoms. The van der Waals surface area contributed by atoms with Crippen molar-refractivity contribution in [3.05, 3.63) is 29.1 Å². The highest BCUT2D eigenvalue weighted by Crippen LogP contribution is 2.39. The van der Waals surface area contributed by atoms with Gasteiger partial charge in [0.15, 0.2) is 0 Å². The van der Waals surface area contributed by atoms with Gasteiger partial charge >= 0.3 is 0 Å². The Labute approximate surface area is 129 Å². The standard InChI is InChI=1S/C15H20N2O2S2/c1-2-9-17(11-7-8-11)21(18,19)15-12-5-3-4-6-13(12)20-14(15)10-16/h3-6,11H,2,7-10,16H2,1H3. The van der Waals surface area contributed by atoms with E-state index in [1.165, 1.54) is 11.3 Å². The van der Waals surface area contributed by atoms with E-state index in [1.54, 1.807) is 4.31 Å². The Bertz CT molecular complexity index is 748. The molecule has 1 aliphatic rings. The van der Waals surface area contributed by atoms with Crippen LogP contribution in [0.4, 0.5) is 0 Å². The summed E-state index contributed by atoms with van der Waals surface area (Å²) in [5.74, 6) is 0. The zero-order valence-corrected chi connectivity index (χ0v) is 13.7. The molecule has 1 heterocycles. The Morgan fingerprint density at radius 3 is 2.67 bits per heavy atom. The fraction of sp³-hybridized carbons (Fsp3) is 0.467. The Morgan fingerprint density at radius 2 is 2.05 bits per heavy atom. The Morgan fingerprint density at radius 1 is 1.33 bits per heavy atom. The van der Waals surface area contributed by atoms with Crippen LogP contribution >= 0.6 is 11.3 Å². The van der Waals surface area contributed by atoms with Gasteiger partial charge in [-0.05, 0) is 25.3 Å². The molecule has 21 heavy (non-hydrogen) atoms. The Balaban J connectivity index is 2.17. The lowest BCUT2D eigenvalue weighted by atomic mass is 10.2. The van der Waals surface area contributed by atoms with Gasteiger partial charge in [0.05, 0.1) is 0 Å². The molecule has 4 nitrogen and oxygen atoms in total. The first-order chi connectivity index (χ1) is 10.1. The van der Waals surface area contributed by atoms with Gasteiger partial charge in [-0.15, -0.1) is 11.3 Å². The molecule has 114 valence electrons. The summed E-state index contributed by atoms with van der Waals surface area (Å²) in [5.41, 5.74) is 5.80. The van der Waals surface area contributed by atoms with E-state index in [1.807, 2.05) is 31.2 Å². The van der Waals surface area contributed by atoms with Crippen molar-refractivity contribution in [3.63, 3.8) is 0 Å². The van der Waals surface area contributed by atoms with Crippen LogP contribution in [-0.4, -0.2) is 25.3 Å². The fourth-order valence-corrected chi connectivity index (χ4v) is 6.26. The third kappa shape index (κ3) is 2.61. The lowest BCUT2D eigenvalue weighted by molar-refractivity contribution is 0.403. The van der Waals surface area contributed by atoms with Crippen molar-refractivity contribution < 1.29 is 8.42 Å². The minimum atomic E-state index is -3.46. The minimum absolute atomic E-state index is 0.180. The minimum Gasteiger partial charge on any atom is -0.326 e. The van der Waals surface area contributed by atoms with Crippen LogP contribution in [0.15, 0.2) is 29.2 Å². The van der Waals surface area contributed by atoms with Gasteiger partial charge in [-0.2, -0.15) is 4.31 Å². The number of hydrogen-bond donors (Lipinski definition) is 1. The second kappa shape index (κ2) is 5.68. The molecule has 0 saturated heterocycles. The number of thiophene rings is 1. The number of benzene rings is 1. The lowest BCUT2D eigenvalue weighted by Crippen LogP contribution is -2.34. The van der Waals surface area contributed by atoms with Gasteiger partial charge in [-0.1, -0.05) is 25.1 Å². The van der Waals surface area contributed by atoms with E-state index in [9.17, 15) is 8.42 Å². The van der Waals surface area contributed by atoms with Crippen LogP contribution in [0.25, 0.3) is 10.1 Å². The normalized spacial score (nSPS) is 16.0. The summed E-state index contributed by atoms with van der Waals surface area (Å²) in [6, 6.07) is 7.84. The second-order valence-electron chi connectivity index (χ2n) is 5.40. The van der Waals surface area contributed by atoms with Crippen molar-refractivity contribution in [3.8, 4) is 0 Å². The molecule has 1 aromatic heterocycles. The van der Waals surface area contributed by atoms with Crippen molar-refractivity contribution in [1.82, 2.24) is 4.31 Å². The maximum absolute atomic E-state index is 13.1. The van der Waals surface area contributed by atoms with E-state index in [2.05, 4.69) is 0 Å². The smallest absolute Gasteiger partial charge is 0.245 e. The van der Waals surface area contributed by atoms with E-state index >= 15 is 0 Å². The first kappa shape index (κ1) is 15.0. The van der Waals surface area contributed by atoms with Gasteiger partial charge in [0, 0.05) is 34.1 Å². The zero-order chi connectivity index (χ0) is 15.0. The third-order valence-electron chi connectivity index (χ3n) is 3.77. The van der Waals surface area contributed by atoms with Gasteiger partial charge in [-0.25, -0.2) is 8.42 Å². The molecule has 3 rings (SSSR count). The fourth-order valence-electron chi connectivity index (χ4n) is 2.69. The molecule has 0 unspecified atom stereocenters. The van der Waals surface area contributed by atoms with Gasteiger partial charge in [0.2, 0.25) is 10.0 Å². The molecule has 1 fully saturated rings. The number of nitrogens with zero attached hydrogens (tertiary/aromatic N) is 1. The van der Waals surface area contributed by atoms with Crippen molar-refractivity contribution in [2.45, 2.75) is 43.7 Å². The highest BCUT2D eigenvalue weighted by Gasteiger charge is 2.39. The molecule has 1 aliphatic carbocycles. The van der Waals surface area contributed by atoms with Crippen LogP contribution < -0.4 is 5.73 Å². The van der Waals surface area contributed by atoms with Crippen molar-refractivity contribution in [2.24, 2.45) is 5.73 Å². The van der Waals surface area contributed by atoms with E-state index in [4.69, 9.17) is 5.73 Å². The predicted octanol–water partition coefficient (Wildman–Crippen LogP) is 2.92.